The molecule has 5 rings (SSSR count). The lowest BCUT2D eigenvalue weighted by atomic mass is 10.2. The van der Waals surface area contributed by atoms with Crippen LogP contribution in [0.4, 0.5) is 17.6 Å². The van der Waals surface area contributed by atoms with Crippen LogP contribution in [0.15, 0.2) is 59.8 Å². The molecule has 1 unspecified atom stereocenters. The second-order valence-electron chi connectivity index (χ2n) is 6.93. The Morgan fingerprint density at radius 2 is 1.71 bits per heavy atom. The van der Waals surface area contributed by atoms with Gasteiger partial charge in [0.25, 0.3) is 0 Å². The van der Waals surface area contributed by atoms with Gasteiger partial charge in [0, 0.05) is 11.1 Å². The topological polar surface area (TPSA) is 120 Å². The van der Waals surface area contributed by atoms with Crippen LogP contribution >= 0.6 is 11.8 Å². The minimum Gasteiger partial charge on any atom is -0.368 e. The second-order valence-corrected chi connectivity index (χ2v) is 8.24. The molecule has 0 spiro atoms. The number of hydrogen-bond acceptors (Lipinski definition) is 9. The highest BCUT2D eigenvalue weighted by atomic mass is 32.2. The van der Waals surface area contributed by atoms with Crippen LogP contribution in [-0.4, -0.2) is 34.5 Å². The van der Waals surface area contributed by atoms with Crippen LogP contribution in [0.25, 0.3) is 16.6 Å². The number of benzene rings is 2. The van der Waals surface area contributed by atoms with E-state index in [2.05, 4.69) is 30.4 Å². The van der Waals surface area contributed by atoms with E-state index in [1.807, 2.05) is 68.4 Å². The average Bonchev–Trinajstić information content (AvgIpc) is 3.16. The Kier molecular flexibility index (Phi) is 4.83. The number of thioether (sulfide) groups is 1. The first kappa shape index (κ1) is 19.2. The van der Waals surface area contributed by atoms with Crippen LogP contribution in [0, 0.1) is 6.92 Å². The summed E-state index contributed by atoms with van der Waals surface area (Å²) in [5, 5.41) is 9.21. The van der Waals surface area contributed by atoms with Gasteiger partial charge in [-0.1, -0.05) is 42.1 Å². The third kappa shape index (κ3) is 3.84. The first-order valence-corrected chi connectivity index (χ1v) is 10.6. The average molecular weight is 430 g/mol. The van der Waals surface area contributed by atoms with Gasteiger partial charge in [-0.05, 0) is 38.1 Å². The molecule has 9 nitrogen and oxygen atoms in total. The van der Waals surface area contributed by atoms with E-state index in [4.69, 9.17) is 10.7 Å². The van der Waals surface area contributed by atoms with E-state index in [1.54, 1.807) is 4.52 Å². The van der Waals surface area contributed by atoms with Crippen molar-refractivity contribution in [1.29, 1.82) is 0 Å². The summed E-state index contributed by atoms with van der Waals surface area (Å²) < 4.78 is 1.77. The predicted octanol–water partition coefficient (Wildman–Crippen LogP) is 3.95. The van der Waals surface area contributed by atoms with Gasteiger partial charge in [-0.25, -0.2) is 9.97 Å². The Balaban J connectivity index is 1.50. The van der Waals surface area contributed by atoms with Gasteiger partial charge in [-0.3, -0.25) is 0 Å². The lowest BCUT2D eigenvalue weighted by molar-refractivity contribution is 0.789. The summed E-state index contributed by atoms with van der Waals surface area (Å²) in [6.07, 6.45) is 0. The van der Waals surface area contributed by atoms with E-state index in [1.165, 1.54) is 11.8 Å². The zero-order chi connectivity index (χ0) is 21.4. The van der Waals surface area contributed by atoms with Gasteiger partial charge < -0.3 is 11.1 Å². The molecular formula is C21H19N9S. The van der Waals surface area contributed by atoms with Crippen LogP contribution in [-0.2, 0) is 0 Å². The standard InChI is InChI=1S/C21H19N9S/c1-12(17-26-19(22)28-20(27-17)24-14-8-4-3-5-9-14)31-21-25-16-11-7-6-10-15(16)18-23-13(2)29-30(18)21/h3-12H,1-2H3,(H3,22,24,26,27,28). The van der Waals surface area contributed by atoms with E-state index in [-0.39, 0.29) is 11.2 Å². The largest absolute Gasteiger partial charge is 0.368 e. The van der Waals surface area contributed by atoms with Gasteiger partial charge in [0.15, 0.2) is 10.8 Å². The van der Waals surface area contributed by atoms with E-state index < -0.39 is 0 Å². The van der Waals surface area contributed by atoms with E-state index in [0.29, 0.717) is 22.8 Å². The molecule has 154 valence electrons. The zero-order valence-electron chi connectivity index (χ0n) is 16.9. The first-order chi connectivity index (χ1) is 15.1. The fourth-order valence-corrected chi connectivity index (χ4v) is 4.12. The molecule has 0 bridgehead atoms. The monoisotopic (exact) mass is 429 g/mol. The molecule has 0 aliphatic rings. The van der Waals surface area contributed by atoms with Crippen molar-refractivity contribution >= 4 is 45.9 Å². The van der Waals surface area contributed by atoms with Crippen molar-refractivity contribution < 1.29 is 0 Å². The zero-order valence-corrected chi connectivity index (χ0v) is 17.7. The number of nitrogens with two attached hydrogens (primary N) is 1. The minimum absolute atomic E-state index is 0.150. The number of rotatable bonds is 5. The molecule has 3 heterocycles. The Morgan fingerprint density at radius 3 is 2.55 bits per heavy atom. The Bertz CT molecular complexity index is 1380. The first-order valence-electron chi connectivity index (χ1n) is 9.69. The molecule has 0 aliphatic heterocycles. The molecule has 31 heavy (non-hydrogen) atoms. The lowest BCUT2D eigenvalue weighted by Gasteiger charge is -2.13. The SMILES string of the molecule is Cc1nc2c3ccccc3nc(SC(C)c3nc(N)nc(Nc4ccccc4)n3)n2n1. The van der Waals surface area contributed by atoms with Gasteiger partial charge in [-0.2, -0.15) is 19.5 Å². The van der Waals surface area contributed by atoms with Crippen LogP contribution in [0.3, 0.4) is 0 Å². The molecule has 2 aromatic carbocycles. The van der Waals surface area contributed by atoms with Gasteiger partial charge in [-0.15, -0.1) is 5.10 Å². The molecule has 1 atom stereocenters. The highest BCUT2D eigenvalue weighted by Crippen LogP contribution is 2.34. The highest BCUT2D eigenvalue weighted by molar-refractivity contribution is 7.99. The Labute approximate surface area is 182 Å². The van der Waals surface area contributed by atoms with Crippen molar-refractivity contribution in [1.82, 2.24) is 34.5 Å². The number of para-hydroxylation sites is 2. The van der Waals surface area contributed by atoms with Gasteiger partial charge in [0.1, 0.15) is 11.6 Å². The van der Waals surface area contributed by atoms with Crippen LogP contribution < -0.4 is 11.1 Å². The van der Waals surface area contributed by atoms with Crippen molar-refractivity contribution in [3.8, 4) is 0 Å². The van der Waals surface area contributed by atoms with Gasteiger partial charge in [0.05, 0.1) is 10.8 Å². The number of nitrogen functional groups attached to an aromatic ring is 1. The van der Waals surface area contributed by atoms with Crippen molar-refractivity contribution in [3.05, 3.63) is 66.2 Å². The van der Waals surface area contributed by atoms with E-state index in [9.17, 15) is 0 Å². The molecular weight excluding hydrogens is 410 g/mol. The van der Waals surface area contributed by atoms with E-state index >= 15 is 0 Å². The molecule has 0 amide bonds. The molecule has 3 N–H and O–H groups in total. The third-order valence-electron chi connectivity index (χ3n) is 4.60. The Morgan fingerprint density at radius 1 is 0.935 bits per heavy atom. The number of nitrogens with one attached hydrogen (secondary N) is 1. The molecule has 0 radical (unpaired) electrons. The molecule has 0 aliphatic carbocycles. The van der Waals surface area contributed by atoms with Gasteiger partial charge in [0.2, 0.25) is 11.9 Å². The molecule has 10 heteroatoms. The second kappa shape index (κ2) is 7.80. The summed E-state index contributed by atoms with van der Waals surface area (Å²) in [4.78, 5) is 22.5. The summed E-state index contributed by atoms with van der Waals surface area (Å²) in [5.74, 6) is 1.79. The fourth-order valence-electron chi connectivity index (χ4n) is 3.22. The maximum absolute atomic E-state index is 5.96. The van der Waals surface area contributed by atoms with Crippen LogP contribution in [0.2, 0.25) is 0 Å². The summed E-state index contributed by atoms with van der Waals surface area (Å²) in [6.45, 7) is 3.87. The van der Waals surface area contributed by atoms with Crippen molar-refractivity contribution in [3.63, 3.8) is 0 Å². The van der Waals surface area contributed by atoms with Gasteiger partial charge >= 0.3 is 0 Å². The Hall–Kier alpha value is -3.79. The van der Waals surface area contributed by atoms with E-state index in [0.717, 1.165) is 22.2 Å². The predicted molar refractivity (Wildman–Crippen MR) is 121 cm³/mol. The van der Waals surface area contributed by atoms with Crippen molar-refractivity contribution in [2.24, 2.45) is 0 Å². The molecule has 5 aromatic rings. The summed E-state index contributed by atoms with van der Waals surface area (Å²) in [6, 6.07) is 17.6. The summed E-state index contributed by atoms with van der Waals surface area (Å²) in [5.41, 5.74) is 8.47. The molecule has 0 saturated carbocycles. The summed E-state index contributed by atoms with van der Waals surface area (Å²) in [7, 11) is 0. The number of aryl methyl sites for hydroxylation is 1. The smallest absolute Gasteiger partial charge is 0.232 e. The normalized spacial score (nSPS) is 12.3. The maximum atomic E-state index is 5.96. The molecule has 3 aromatic heterocycles. The van der Waals surface area contributed by atoms with Crippen LogP contribution in [0.5, 0.6) is 0 Å². The summed E-state index contributed by atoms with van der Waals surface area (Å²) >= 11 is 1.49. The molecule has 0 fully saturated rings. The lowest BCUT2D eigenvalue weighted by Crippen LogP contribution is -2.09. The highest BCUT2D eigenvalue weighted by Gasteiger charge is 2.19. The number of hydrogen-bond donors (Lipinski definition) is 2. The number of aromatic nitrogens is 7. The van der Waals surface area contributed by atoms with Crippen LogP contribution in [0.1, 0.15) is 23.8 Å². The number of anilines is 3. The fraction of sp³-hybridized carbons (Fsp3) is 0.143. The van der Waals surface area contributed by atoms with Crippen molar-refractivity contribution in [2.45, 2.75) is 24.3 Å². The maximum Gasteiger partial charge on any atom is 0.232 e. The third-order valence-corrected chi connectivity index (χ3v) is 5.64. The number of nitrogens with zero attached hydrogens (tertiary/aromatic N) is 7. The molecule has 0 saturated heterocycles. The quantitative estimate of drug-likeness (QED) is 0.316. The van der Waals surface area contributed by atoms with Crippen molar-refractivity contribution in [2.75, 3.05) is 11.1 Å². The number of fused-ring (bicyclic) bond motifs is 3. The minimum atomic E-state index is -0.150.